The third-order valence-corrected chi connectivity index (χ3v) is 1.63. The molecule has 0 aliphatic heterocycles. The van der Waals surface area contributed by atoms with Gasteiger partial charge in [-0.25, -0.2) is 4.39 Å². The summed E-state index contributed by atoms with van der Waals surface area (Å²) in [5.41, 5.74) is 1.57. The minimum absolute atomic E-state index is 0.150. The molecule has 1 nitrogen and oxygen atoms in total. The summed E-state index contributed by atoms with van der Waals surface area (Å²) in [6, 6.07) is 5.05. The van der Waals surface area contributed by atoms with Crippen LogP contribution in [0.4, 0.5) is 10.1 Å². The molecule has 2 heteroatoms. The third kappa shape index (κ3) is 1.70. The lowest BCUT2D eigenvalue weighted by Gasteiger charge is -2.06. The molecule has 0 aliphatic rings. The second-order valence-corrected chi connectivity index (χ2v) is 2.44. The molecule has 0 aromatic heterocycles. The largest absolute Gasteiger partial charge is 0.385 e. The van der Waals surface area contributed by atoms with Gasteiger partial charge in [0.25, 0.3) is 0 Å². The highest BCUT2D eigenvalue weighted by molar-refractivity contribution is 5.50. The predicted molar refractivity (Wildman–Crippen MR) is 45.3 cm³/mol. The minimum atomic E-state index is -0.150. The zero-order valence-corrected chi connectivity index (χ0v) is 6.82. The van der Waals surface area contributed by atoms with Crippen LogP contribution >= 0.6 is 0 Å². The Labute approximate surface area is 66.2 Å². The number of halogens is 1. The molecule has 0 bridgehead atoms. The van der Waals surface area contributed by atoms with E-state index in [1.54, 1.807) is 13.0 Å². The Kier molecular flexibility index (Phi) is 2.47. The van der Waals surface area contributed by atoms with Crippen molar-refractivity contribution in [3.05, 3.63) is 29.6 Å². The summed E-state index contributed by atoms with van der Waals surface area (Å²) in [6.45, 7) is 4.59. The van der Waals surface area contributed by atoms with E-state index in [9.17, 15) is 4.39 Å². The van der Waals surface area contributed by atoms with Gasteiger partial charge in [0.2, 0.25) is 0 Å². The number of benzene rings is 1. The molecule has 1 N–H and O–H groups in total. The zero-order valence-electron chi connectivity index (χ0n) is 6.82. The van der Waals surface area contributed by atoms with Crippen LogP contribution < -0.4 is 5.32 Å². The fourth-order valence-electron chi connectivity index (χ4n) is 0.989. The second kappa shape index (κ2) is 3.37. The van der Waals surface area contributed by atoms with Crippen LogP contribution in [-0.4, -0.2) is 6.54 Å². The van der Waals surface area contributed by atoms with Crippen molar-refractivity contribution in [3.8, 4) is 0 Å². The predicted octanol–water partition coefficient (Wildman–Crippen LogP) is 2.57. The summed E-state index contributed by atoms with van der Waals surface area (Å²) in [6.07, 6.45) is 0. The maximum absolute atomic E-state index is 12.9. The molecule has 0 unspecified atom stereocenters. The highest BCUT2D eigenvalue weighted by atomic mass is 19.1. The van der Waals surface area contributed by atoms with E-state index in [0.29, 0.717) is 5.56 Å². The molecular weight excluding hydrogens is 141 g/mol. The van der Waals surface area contributed by atoms with Gasteiger partial charge >= 0.3 is 0 Å². The quantitative estimate of drug-likeness (QED) is 0.688. The average molecular weight is 153 g/mol. The van der Waals surface area contributed by atoms with Crippen molar-refractivity contribution in [3.63, 3.8) is 0 Å². The molecule has 0 saturated carbocycles. The highest BCUT2D eigenvalue weighted by Crippen LogP contribution is 2.16. The molecule has 1 aromatic rings. The lowest BCUT2D eigenvalue weighted by molar-refractivity contribution is 0.619. The smallest absolute Gasteiger partial charge is 0.128 e. The summed E-state index contributed by atoms with van der Waals surface area (Å²) in [7, 11) is 0. The van der Waals surface area contributed by atoms with Gasteiger partial charge in [-0.2, -0.15) is 0 Å². The SMILES string of the molecule is CCNc1cccc(F)c1C. The fourth-order valence-corrected chi connectivity index (χ4v) is 0.989. The molecule has 0 radical (unpaired) electrons. The van der Waals surface area contributed by atoms with Crippen molar-refractivity contribution in [2.45, 2.75) is 13.8 Å². The van der Waals surface area contributed by atoms with Crippen molar-refractivity contribution >= 4 is 5.69 Å². The maximum atomic E-state index is 12.9. The Morgan fingerprint density at radius 1 is 1.45 bits per heavy atom. The van der Waals surface area contributed by atoms with Gasteiger partial charge in [-0.3, -0.25) is 0 Å². The molecule has 0 saturated heterocycles. The van der Waals surface area contributed by atoms with Gasteiger partial charge in [0, 0.05) is 17.8 Å². The fraction of sp³-hybridized carbons (Fsp3) is 0.333. The summed E-state index contributed by atoms with van der Waals surface area (Å²) >= 11 is 0. The molecule has 1 rings (SSSR count). The van der Waals surface area contributed by atoms with Gasteiger partial charge in [-0.05, 0) is 26.0 Å². The lowest BCUT2D eigenvalue weighted by Crippen LogP contribution is -1.99. The van der Waals surface area contributed by atoms with E-state index in [4.69, 9.17) is 0 Å². The monoisotopic (exact) mass is 153 g/mol. The van der Waals surface area contributed by atoms with Crippen LogP contribution in [0.25, 0.3) is 0 Å². The van der Waals surface area contributed by atoms with Crippen molar-refractivity contribution < 1.29 is 4.39 Å². The van der Waals surface area contributed by atoms with E-state index < -0.39 is 0 Å². The van der Waals surface area contributed by atoms with Gasteiger partial charge in [-0.1, -0.05) is 6.07 Å². The first-order chi connectivity index (χ1) is 5.25. The van der Waals surface area contributed by atoms with E-state index >= 15 is 0 Å². The van der Waals surface area contributed by atoms with Crippen LogP contribution in [0.5, 0.6) is 0 Å². The number of hydrogen-bond acceptors (Lipinski definition) is 1. The minimum Gasteiger partial charge on any atom is -0.385 e. The maximum Gasteiger partial charge on any atom is 0.128 e. The highest BCUT2D eigenvalue weighted by Gasteiger charge is 2.00. The van der Waals surface area contributed by atoms with Gasteiger partial charge in [-0.15, -0.1) is 0 Å². The van der Waals surface area contributed by atoms with Crippen LogP contribution in [0.3, 0.4) is 0 Å². The molecule has 11 heavy (non-hydrogen) atoms. The van der Waals surface area contributed by atoms with Crippen LogP contribution in [-0.2, 0) is 0 Å². The molecule has 0 aliphatic carbocycles. The van der Waals surface area contributed by atoms with Crippen molar-refractivity contribution in [1.29, 1.82) is 0 Å². The molecule has 60 valence electrons. The molecule has 0 spiro atoms. The standard InChI is InChI=1S/C9H12FN/c1-3-11-9-6-4-5-8(10)7(9)2/h4-6,11H,3H2,1-2H3. The van der Waals surface area contributed by atoms with Gasteiger partial charge in [0.15, 0.2) is 0 Å². The number of nitrogens with one attached hydrogen (secondary N) is 1. The van der Waals surface area contributed by atoms with E-state index in [-0.39, 0.29) is 5.82 Å². The van der Waals surface area contributed by atoms with Crippen LogP contribution in [0.15, 0.2) is 18.2 Å². The van der Waals surface area contributed by atoms with E-state index in [0.717, 1.165) is 12.2 Å². The Bertz CT molecular complexity index is 245. The Morgan fingerprint density at radius 2 is 2.18 bits per heavy atom. The number of hydrogen-bond donors (Lipinski definition) is 1. The molecule has 0 fully saturated rings. The average Bonchev–Trinajstić information content (AvgIpc) is 1.99. The molecule has 1 aromatic carbocycles. The Hall–Kier alpha value is -1.05. The third-order valence-electron chi connectivity index (χ3n) is 1.63. The number of rotatable bonds is 2. The van der Waals surface area contributed by atoms with Crippen molar-refractivity contribution in [1.82, 2.24) is 0 Å². The Morgan fingerprint density at radius 3 is 2.82 bits per heavy atom. The van der Waals surface area contributed by atoms with Gasteiger partial charge in [0.05, 0.1) is 0 Å². The normalized spacial score (nSPS) is 9.73. The number of anilines is 1. The molecule has 0 atom stereocenters. The summed E-state index contributed by atoms with van der Waals surface area (Å²) in [4.78, 5) is 0. The molecule has 0 heterocycles. The first-order valence-corrected chi connectivity index (χ1v) is 3.74. The van der Waals surface area contributed by atoms with Crippen LogP contribution in [0.1, 0.15) is 12.5 Å². The van der Waals surface area contributed by atoms with Crippen LogP contribution in [0.2, 0.25) is 0 Å². The summed E-state index contributed by atoms with van der Waals surface area (Å²) in [5.74, 6) is -0.150. The first kappa shape index (κ1) is 8.05. The van der Waals surface area contributed by atoms with Gasteiger partial charge in [0.1, 0.15) is 5.82 Å². The zero-order chi connectivity index (χ0) is 8.27. The Balaban J connectivity index is 2.96. The lowest BCUT2D eigenvalue weighted by atomic mass is 10.2. The topological polar surface area (TPSA) is 12.0 Å². The first-order valence-electron chi connectivity index (χ1n) is 3.74. The van der Waals surface area contributed by atoms with E-state index in [2.05, 4.69) is 5.32 Å². The van der Waals surface area contributed by atoms with Crippen LogP contribution in [0, 0.1) is 12.7 Å². The molecule has 0 amide bonds. The second-order valence-electron chi connectivity index (χ2n) is 2.44. The van der Waals surface area contributed by atoms with Crippen molar-refractivity contribution in [2.75, 3.05) is 11.9 Å². The van der Waals surface area contributed by atoms with Crippen molar-refractivity contribution in [2.24, 2.45) is 0 Å². The summed E-state index contributed by atoms with van der Waals surface area (Å²) in [5, 5.41) is 3.08. The van der Waals surface area contributed by atoms with E-state index in [1.165, 1.54) is 6.07 Å². The molecular formula is C9H12FN. The van der Waals surface area contributed by atoms with E-state index in [1.807, 2.05) is 13.0 Å². The van der Waals surface area contributed by atoms with Gasteiger partial charge < -0.3 is 5.32 Å². The summed E-state index contributed by atoms with van der Waals surface area (Å²) < 4.78 is 12.9.